The van der Waals surface area contributed by atoms with Crippen molar-refractivity contribution in [2.75, 3.05) is 6.61 Å². The number of carbonyl (C=O) groups is 3. The SMILES string of the molecule is O=C(NC(C(=O)NC(C(=O)O)C(F)(F)F)C1CC1)OCC1c2ccccc2-c2ccccc21. The van der Waals surface area contributed by atoms with E-state index in [0.717, 1.165) is 22.3 Å². The van der Waals surface area contributed by atoms with Crippen molar-refractivity contribution >= 4 is 18.0 Å². The number of carboxylic acids is 1. The molecular formula is C23H21F3N2O5. The number of fused-ring (bicyclic) bond motifs is 3. The van der Waals surface area contributed by atoms with E-state index in [-0.39, 0.29) is 18.4 Å². The van der Waals surface area contributed by atoms with Gasteiger partial charge in [0.2, 0.25) is 11.9 Å². The quantitative estimate of drug-likeness (QED) is 0.585. The molecule has 0 spiro atoms. The number of carbonyl (C=O) groups excluding carboxylic acids is 2. The molecule has 33 heavy (non-hydrogen) atoms. The van der Waals surface area contributed by atoms with Crippen molar-refractivity contribution in [1.29, 1.82) is 0 Å². The Labute approximate surface area is 186 Å². The van der Waals surface area contributed by atoms with Crippen LogP contribution in [0.4, 0.5) is 18.0 Å². The molecule has 1 fully saturated rings. The van der Waals surface area contributed by atoms with Gasteiger partial charge in [0.25, 0.3) is 0 Å². The smallest absolute Gasteiger partial charge is 0.419 e. The summed E-state index contributed by atoms with van der Waals surface area (Å²) in [6.07, 6.45) is -5.08. The van der Waals surface area contributed by atoms with Crippen molar-refractivity contribution in [2.24, 2.45) is 5.92 Å². The average Bonchev–Trinajstić information content (AvgIpc) is 3.56. The second-order valence-electron chi connectivity index (χ2n) is 8.11. The summed E-state index contributed by atoms with van der Waals surface area (Å²) in [5.74, 6) is -4.05. The first-order valence-electron chi connectivity index (χ1n) is 10.4. The highest BCUT2D eigenvalue weighted by Crippen LogP contribution is 2.44. The van der Waals surface area contributed by atoms with Gasteiger partial charge in [-0.25, -0.2) is 9.59 Å². The van der Waals surface area contributed by atoms with Crippen molar-refractivity contribution in [3.63, 3.8) is 0 Å². The number of nitrogens with one attached hydrogen (secondary N) is 2. The largest absolute Gasteiger partial charge is 0.479 e. The third kappa shape index (κ3) is 4.79. The first kappa shape index (κ1) is 22.6. The summed E-state index contributed by atoms with van der Waals surface area (Å²) < 4.78 is 44.1. The zero-order chi connectivity index (χ0) is 23.8. The molecule has 4 rings (SSSR count). The summed E-state index contributed by atoms with van der Waals surface area (Å²) in [7, 11) is 0. The molecule has 2 aliphatic carbocycles. The first-order valence-corrected chi connectivity index (χ1v) is 10.4. The van der Waals surface area contributed by atoms with Gasteiger partial charge in [0, 0.05) is 5.92 Å². The van der Waals surface area contributed by atoms with Crippen LogP contribution in [-0.2, 0) is 14.3 Å². The summed E-state index contributed by atoms with van der Waals surface area (Å²) in [4.78, 5) is 35.7. The van der Waals surface area contributed by atoms with E-state index < -0.39 is 36.2 Å². The molecule has 0 radical (unpaired) electrons. The Morgan fingerprint density at radius 3 is 2.00 bits per heavy atom. The maximum atomic E-state index is 12.9. The topological polar surface area (TPSA) is 105 Å². The predicted octanol–water partition coefficient (Wildman–Crippen LogP) is 3.44. The van der Waals surface area contributed by atoms with Crippen LogP contribution in [0.1, 0.15) is 29.9 Å². The Hall–Kier alpha value is -3.56. The Morgan fingerprint density at radius 2 is 1.52 bits per heavy atom. The molecule has 2 aromatic carbocycles. The average molecular weight is 462 g/mol. The third-order valence-corrected chi connectivity index (χ3v) is 5.85. The molecule has 10 heteroatoms. The van der Waals surface area contributed by atoms with Crippen LogP contribution in [0.5, 0.6) is 0 Å². The molecule has 1 saturated carbocycles. The van der Waals surface area contributed by atoms with Gasteiger partial charge in [0.1, 0.15) is 12.6 Å². The maximum absolute atomic E-state index is 12.9. The van der Waals surface area contributed by atoms with Crippen LogP contribution in [0.25, 0.3) is 11.1 Å². The van der Waals surface area contributed by atoms with E-state index in [1.807, 2.05) is 48.5 Å². The lowest BCUT2D eigenvalue weighted by atomic mass is 9.98. The monoisotopic (exact) mass is 462 g/mol. The zero-order valence-corrected chi connectivity index (χ0v) is 17.3. The van der Waals surface area contributed by atoms with Crippen molar-refractivity contribution in [2.45, 2.75) is 37.0 Å². The van der Waals surface area contributed by atoms with Gasteiger partial charge in [-0.3, -0.25) is 4.79 Å². The van der Waals surface area contributed by atoms with Gasteiger partial charge < -0.3 is 20.5 Å². The lowest BCUT2D eigenvalue weighted by Crippen LogP contribution is -2.57. The molecular weight excluding hydrogens is 441 g/mol. The fourth-order valence-corrected chi connectivity index (χ4v) is 4.11. The van der Waals surface area contributed by atoms with Crippen molar-refractivity contribution in [3.05, 3.63) is 59.7 Å². The van der Waals surface area contributed by atoms with E-state index in [1.165, 1.54) is 5.32 Å². The Morgan fingerprint density at radius 1 is 0.970 bits per heavy atom. The number of rotatable bonds is 7. The number of hydrogen-bond acceptors (Lipinski definition) is 4. The minimum Gasteiger partial charge on any atom is -0.479 e. The lowest BCUT2D eigenvalue weighted by molar-refractivity contribution is -0.182. The molecule has 3 N–H and O–H groups in total. The van der Waals surface area contributed by atoms with Gasteiger partial charge in [-0.1, -0.05) is 48.5 Å². The minimum absolute atomic E-state index is 0.0286. The summed E-state index contributed by atoms with van der Waals surface area (Å²) in [6, 6.07) is 11.0. The number of alkyl halides is 3. The molecule has 2 unspecified atom stereocenters. The standard InChI is InChI=1S/C23H21F3N2O5/c24-23(25,26)19(21(30)31)28-20(29)18(12-9-10-12)27-22(32)33-11-17-15-7-3-1-5-13(15)14-6-2-4-8-16(14)17/h1-8,12,17-19H,9-11H2,(H,27,32)(H,28,29)(H,30,31). The molecule has 7 nitrogen and oxygen atoms in total. The van der Waals surface area contributed by atoms with Crippen LogP contribution in [0, 0.1) is 5.92 Å². The van der Waals surface area contributed by atoms with Gasteiger partial charge >= 0.3 is 18.2 Å². The first-order chi connectivity index (χ1) is 15.7. The van der Waals surface area contributed by atoms with Crippen molar-refractivity contribution < 1.29 is 37.4 Å². The predicted molar refractivity (Wildman–Crippen MR) is 110 cm³/mol. The molecule has 0 heterocycles. The van der Waals surface area contributed by atoms with Crippen molar-refractivity contribution in [1.82, 2.24) is 10.6 Å². The van der Waals surface area contributed by atoms with E-state index in [9.17, 15) is 27.6 Å². The normalized spacial score (nSPS) is 16.8. The molecule has 2 amide bonds. The number of aliphatic carboxylic acids is 1. The number of halogens is 3. The molecule has 2 atom stereocenters. The second kappa shape index (κ2) is 8.76. The molecule has 2 aromatic rings. The summed E-state index contributed by atoms with van der Waals surface area (Å²) in [6.45, 7) is -0.0286. The summed E-state index contributed by atoms with van der Waals surface area (Å²) >= 11 is 0. The van der Waals surface area contributed by atoms with Gasteiger partial charge in [-0.15, -0.1) is 0 Å². The Bertz CT molecular complexity index is 1040. The Balaban J connectivity index is 1.42. The fraction of sp³-hybridized carbons (Fsp3) is 0.348. The van der Waals surface area contributed by atoms with Gasteiger partial charge in [-0.05, 0) is 41.0 Å². The highest BCUT2D eigenvalue weighted by molar-refractivity contribution is 5.90. The fourth-order valence-electron chi connectivity index (χ4n) is 4.11. The Kier molecular flexibility index (Phi) is 6.01. The highest BCUT2D eigenvalue weighted by Gasteiger charge is 2.48. The molecule has 2 aliphatic rings. The van der Waals surface area contributed by atoms with Crippen LogP contribution >= 0.6 is 0 Å². The lowest BCUT2D eigenvalue weighted by Gasteiger charge is -2.23. The van der Waals surface area contributed by atoms with Crippen LogP contribution in [0.3, 0.4) is 0 Å². The summed E-state index contributed by atoms with van der Waals surface area (Å²) in [5.41, 5.74) is 4.03. The van der Waals surface area contributed by atoms with Crippen molar-refractivity contribution in [3.8, 4) is 11.1 Å². The highest BCUT2D eigenvalue weighted by atomic mass is 19.4. The molecule has 0 saturated heterocycles. The van der Waals surface area contributed by atoms with Crippen LogP contribution in [0.15, 0.2) is 48.5 Å². The van der Waals surface area contributed by atoms with E-state index in [0.29, 0.717) is 12.8 Å². The molecule has 0 aliphatic heterocycles. The van der Waals surface area contributed by atoms with Crippen LogP contribution in [-0.4, -0.2) is 47.9 Å². The van der Waals surface area contributed by atoms with Gasteiger partial charge in [0.15, 0.2) is 0 Å². The number of amides is 2. The number of hydrogen-bond donors (Lipinski definition) is 3. The van der Waals surface area contributed by atoms with Crippen LogP contribution in [0.2, 0.25) is 0 Å². The molecule has 174 valence electrons. The van der Waals surface area contributed by atoms with E-state index in [4.69, 9.17) is 9.84 Å². The van der Waals surface area contributed by atoms with E-state index in [1.54, 1.807) is 0 Å². The minimum atomic E-state index is -5.17. The maximum Gasteiger partial charge on any atom is 0.419 e. The number of ether oxygens (including phenoxy) is 1. The number of benzene rings is 2. The second-order valence-corrected chi connectivity index (χ2v) is 8.11. The third-order valence-electron chi connectivity index (χ3n) is 5.85. The van der Waals surface area contributed by atoms with Gasteiger partial charge in [-0.2, -0.15) is 13.2 Å². The summed E-state index contributed by atoms with van der Waals surface area (Å²) in [5, 5.41) is 12.6. The van der Waals surface area contributed by atoms with E-state index in [2.05, 4.69) is 5.32 Å². The molecule has 0 bridgehead atoms. The number of carboxylic acid groups (broad SMARTS) is 1. The van der Waals surface area contributed by atoms with Crippen LogP contribution < -0.4 is 10.6 Å². The van der Waals surface area contributed by atoms with Gasteiger partial charge in [0.05, 0.1) is 0 Å². The number of alkyl carbamates (subject to hydrolysis) is 1. The van der Waals surface area contributed by atoms with E-state index >= 15 is 0 Å². The molecule has 0 aromatic heterocycles. The zero-order valence-electron chi connectivity index (χ0n) is 17.3.